The number of aromatic nitrogens is 1. The second kappa shape index (κ2) is 5.93. The van der Waals surface area contributed by atoms with Crippen molar-refractivity contribution in [2.45, 2.75) is 31.7 Å². The highest BCUT2D eigenvalue weighted by molar-refractivity contribution is 5.92. The number of pyridine rings is 1. The van der Waals surface area contributed by atoms with Crippen molar-refractivity contribution in [1.82, 2.24) is 9.99 Å². The van der Waals surface area contributed by atoms with Crippen molar-refractivity contribution < 1.29 is 4.79 Å². The molecule has 0 aromatic carbocycles. The molecule has 1 amide bonds. The normalized spacial score (nSPS) is 23.9. The van der Waals surface area contributed by atoms with Crippen LogP contribution in [0.25, 0.3) is 0 Å². The maximum Gasteiger partial charge on any atom is 0.227 e. The van der Waals surface area contributed by atoms with Gasteiger partial charge in [0.1, 0.15) is 0 Å². The van der Waals surface area contributed by atoms with Gasteiger partial charge in [-0.3, -0.25) is 15.6 Å². The maximum absolute atomic E-state index is 12.1. The zero-order valence-electron chi connectivity index (χ0n) is 10.7. The summed E-state index contributed by atoms with van der Waals surface area (Å²) in [5, 5.41) is 4.69. The highest BCUT2D eigenvalue weighted by atomic mass is 16.1. The summed E-state index contributed by atoms with van der Waals surface area (Å²) in [4.78, 5) is 16.0. The Balaban J connectivity index is 1.85. The van der Waals surface area contributed by atoms with E-state index in [9.17, 15) is 4.79 Å². The Kier molecular flexibility index (Phi) is 4.28. The van der Waals surface area contributed by atoms with Crippen LogP contribution in [0.4, 0.5) is 5.69 Å². The van der Waals surface area contributed by atoms with Crippen LogP contribution in [0, 0.1) is 5.92 Å². The van der Waals surface area contributed by atoms with Crippen molar-refractivity contribution in [3.63, 3.8) is 0 Å². The molecule has 1 aliphatic carbocycles. The molecule has 18 heavy (non-hydrogen) atoms. The molecule has 1 aromatic heterocycles. The fourth-order valence-corrected chi connectivity index (χ4v) is 2.42. The third kappa shape index (κ3) is 3.27. The number of rotatable bonds is 3. The van der Waals surface area contributed by atoms with Gasteiger partial charge in [-0.15, -0.1) is 0 Å². The molecule has 0 unspecified atom stereocenters. The number of carbonyl (C=O) groups excluding carboxylic acids is 1. The molecule has 0 radical (unpaired) electrons. The Bertz CT molecular complexity index is 385. The molecule has 1 aliphatic rings. The van der Waals surface area contributed by atoms with Gasteiger partial charge in [0, 0.05) is 37.1 Å². The van der Waals surface area contributed by atoms with Gasteiger partial charge in [0.2, 0.25) is 5.91 Å². The summed E-state index contributed by atoms with van der Waals surface area (Å²) in [5.41, 5.74) is 0.813. The first-order chi connectivity index (χ1) is 8.66. The van der Waals surface area contributed by atoms with E-state index in [0.717, 1.165) is 31.4 Å². The average Bonchev–Trinajstić information content (AvgIpc) is 2.40. The molecule has 0 spiro atoms. The third-order valence-corrected chi connectivity index (χ3v) is 3.59. The Morgan fingerprint density at radius 1 is 1.33 bits per heavy atom. The molecule has 2 rings (SSSR count). The van der Waals surface area contributed by atoms with E-state index in [-0.39, 0.29) is 11.8 Å². The first-order valence-electron chi connectivity index (χ1n) is 6.35. The van der Waals surface area contributed by atoms with Crippen LogP contribution in [-0.4, -0.2) is 29.0 Å². The van der Waals surface area contributed by atoms with Crippen LogP contribution in [-0.2, 0) is 4.79 Å². The largest absolute Gasteiger partial charge is 0.326 e. The van der Waals surface area contributed by atoms with Gasteiger partial charge in [-0.25, -0.2) is 5.01 Å². The minimum Gasteiger partial charge on any atom is -0.326 e. The van der Waals surface area contributed by atoms with Crippen LogP contribution in [0.3, 0.4) is 0 Å². The van der Waals surface area contributed by atoms with Crippen molar-refractivity contribution in [2.24, 2.45) is 11.8 Å². The van der Waals surface area contributed by atoms with Crippen molar-refractivity contribution in [1.29, 1.82) is 0 Å². The van der Waals surface area contributed by atoms with Crippen molar-refractivity contribution in [3.05, 3.63) is 24.5 Å². The highest BCUT2D eigenvalue weighted by Gasteiger charge is 2.27. The summed E-state index contributed by atoms with van der Waals surface area (Å²) >= 11 is 0. The van der Waals surface area contributed by atoms with Gasteiger partial charge in [-0.05, 0) is 37.8 Å². The summed E-state index contributed by atoms with van der Waals surface area (Å²) < 4.78 is 0. The lowest BCUT2D eigenvalue weighted by molar-refractivity contribution is -0.121. The van der Waals surface area contributed by atoms with Gasteiger partial charge in [0.05, 0.1) is 0 Å². The lowest BCUT2D eigenvalue weighted by atomic mass is 9.85. The molecule has 3 N–H and O–H groups in total. The zero-order valence-corrected chi connectivity index (χ0v) is 10.7. The Hall–Kier alpha value is -1.46. The van der Waals surface area contributed by atoms with E-state index >= 15 is 0 Å². The fraction of sp³-hybridized carbons (Fsp3) is 0.538. The van der Waals surface area contributed by atoms with Crippen LogP contribution in [0.15, 0.2) is 24.5 Å². The quantitative estimate of drug-likeness (QED) is 0.626. The fourth-order valence-electron chi connectivity index (χ4n) is 2.42. The number of nitrogens with zero attached hydrogens (tertiary/aromatic N) is 2. The second-order valence-corrected chi connectivity index (χ2v) is 4.90. The number of hydrogen-bond acceptors (Lipinski definition) is 4. The van der Waals surface area contributed by atoms with Gasteiger partial charge < -0.3 is 5.32 Å². The molecule has 1 heterocycles. The van der Waals surface area contributed by atoms with E-state index in [1.54, 1.807) is 29.5 Å². The maximum atomic E-state index is 12.1. The molecule has 5 nitrogen and oxygen atoms in total. The van der Waals surface area contributed by atoms with Gasteiger partial charge in [-0.2, -0.15) is 0 Å². The van der Waals surface area contributed by atoms with Crippen LogP contribution < -0.4 is 11.2 Å². The summed E-state index contributed by atoms with van der Waals surface area (Å²) in [6.45, 7) is 0. The Morgan fingerprint density at radius 2 is 1.94 bits per heavy atom. The average molecular weight is 248 g/mol. The summed E-state index contributed by atoms with van der Waals surface area (Å²) in [6, 6.07) is 4.02. The number of amides is 1. The molecule has 0 bridgehead atoms. The summed E-state index contributed by atoms with van der Waals surface area (Å²) in [7, 11) is 1.89. The molecule has 1 saturated carbocycles. The lowest BCUT2D eigenvalue weighted by Gasteiger charge is -2.31. The minimum atomic E-state index is 0.106. The monoisotopic (exact) mass is 248 g/mol. The molecule has 0 atom stereocenters. The standard InChI is InChI=1S/C13H20N4O/c1-17(14)12-4-2-10(3-5-12)13(18)16-11-6-8-15-9-7-11/h6-10,12H,2-5,14H2,1H3,(H,15,16,18). The van der Waals surface area contributed by atoms with Crippen LogP contribution in [0.5, 0.6) is 0 Å². The summed E-state index contributed by atoms with van der Waals surface area (Å²) in [6.07, 6.45) is 7.14. The number of anilines is 1. The van der Waals surface area contributed by atoms with E-state index in [1.807, 2.05) is 7.05 Å². The minimum absolute atomic E-state index is 0.106. The van der Waals surface area contributed by atoms with E-state index < -0.39 is 0 Å². The van der Waals surface area contributed by atoms with Crippen LogP contribution in [0.2, 0.25) is 0 Å². The number of hydrazine groups is 1. The molecule has 98 valence electrons. The van der Waals surface area contributed by atoms with Crippen LogP contribution >= 0.6 is 0 Å². The predicted molar refractivity (Wildman–Crippen MR) is 70.6 cm³/mol. The number of nitrogens with one attached hydrogen (secondary N) is 1. The Morgan fingerprint density at radius 3 is 2.50 bits per heavy atom. The topological polar surface area (TPSA) is 71.2 Å². The van der Waals surface area contributed by atoms with Crippen molar-refractivity contribution in [2.75, 3.05) is 12.4 Å². The molecule has 1 fully saturated rings. The number of hydrogen-bond donors (Lipinski definition) is 2. The summed E-state index contributed by atoms with van der Waals surface area (Å²) in [5.74, 6) is 5.95. The van der Waals surface area contributed by atoms with E-state index in [1.165, 1.54) is 0 Å². The molecule has 5 heteroatoms. The van der Waals surface area contributed by atoms with E-state index in [2.05, 4.69) is 10.3 Å². The molecule has 1 aromatic rings. The third-order valence-electron chi connectivity index (χ3n) is 3.59. The van der Waals surface area contributed by atoms with Gasteiger partial charge >= 0.3 is 0 Å². The molecule has 0 saturated heterocycles. The first kappa shape index (κ1) is 13.0. The zero-order chi connectivity index (χ0) is 13.0. The molecular formula is C13H20N4O. The molecule has 0 aliphatic heterocycles. The van der Waals surface area contributed by atoms with Gasteiger partial charge in [0.25, 0.3) is 0 Å². The number of carbonyl (C=O) groups is 1. The second-order valence-electron chi connectivity index (χ2n) is 4.90. The van der Waals surface area contributed by atoms with E-state index in [4.69, 9.17) is 5.84 Å². The SMILES string of the molecule is CN(N)C1CCC(C(=O)Nc2ccncc2)CC1. The Labute approximate surface area is 107 Å². The van der Waals surface area contributed by atoms with Crippen molar-refractivity contribution in [3.8, 4) is 0 Å². The number of nitrogens with two attached hydrogens (primary N) is 1. The van der Waals surface area contributed by atoms with E-state index in [0.29, 0.717) is 6.04 Å². The van der Waals surface area contributed by atoms with Crippen molar-refractivity contribution >= 4 is 11.6 Å². The van der Waals surface area contributed by atoms with Crippen LogP contribution in [0.1, 0.15) is 25.7 Å². The first-order valence-corrected chi connectivity index (χ1v) is 6.35. The van der Waals surface area contributed by atoms with Gasteiger partial charge in [0.15, 0.2) is 0 Å². The lowest BCUT2D eigenvalue weighted by Crippen LogP contribution is -2.41. The highest BCUT2D eigenvalue weighted by Crippen LogP contribution is 2.27. The van der Waals surface area contributed by atoms with Gasteiger partial charge in [-0.1, -0.05) is 0 Å². The predicted octanol–water partition coefficient (Wildman–Crippen LogP) is 1.38. The smallest absolute Gasteiger partial charge is 0.227 e. The molecular weight excluding hydrogens is 228 g/mol.